The fraction of sp³-hybridized carbons (Fsp3) is 0.393. The molecule has 202 valence electrons. The van der Waals surface area contributed by atoms with Crippen LogP contribution in [0.1, 0.15) is 38.9 Å². The Hall–Kier alpha value is -4.25. The third-order valence-corrected chi connectivity index (χ3v) is 7.58. The standard InChI is InChI=1S/C28H34N10O/c1-17(2)35(4)16-19-7-8-22(36(19)5)26-20-14-30-25-13-23(20)38(34-26)18(3)10-12-39-28-21(15-31-37(28)6)27-29-11-9-24(32-25)33-27/h7-9,11,13-15,17-18H,10,12,16H2,1-6H3,(H,29,30,32,33)/t18-/m0/s1. The first-order valence-corrected chi connectivity index (χ1v) is 13.3. The molecule has 11 heteroatoms. The van der Waals surface area contributed by atoms with Crippen LogP contribution in [0.3, 0.4) is 0 Å². The summed E-state index contributed by atoms with van der Waals surface area (Å²) in [7, 11) is 6.12. The van der Waals surface area contributed by atoms with E-state index in [1.165, 1.54) is 5.69 Å². The molecule has 1 atom stereocenters. The van der Waals surface area contributed by atoms with Gasteiger partial charge in [-0.3, -0.25) is 9.58 Å². The second kappa shape index (κ2) is 9.81. The summed E-state index contributed by atoms with van der Waals surface area (Å²) in [4.78, 5) is 16.2. The van der Waals surface area contributed by atoms with Crippen molar-refractivity contribution in [2.24, 2.45) is 14.1 Å². The van der Waals surface area contributed by atoms with Gasteiger partial charge < -0.3 is 14.6 Å². The Bertz CT molecular complexity index is 1650. The molecule has 0 radical (unpaired) electrons. The van der Waals surface area contributed by atoms with Crippen molar-refractivity contribution in [1.82, 2.24) is 44.0 Å². The van der Waals surface area contributed by atoms with E-state index in [9.17, 15) is 0 Å². The summed E-state index contributed by atoms with van der Waals surface area (Å²) in [5, 5.41) is 13.9. The first kappa shape index (κ1) is 25.1. The quantitative estimate of drug-likeness (QED) is 0.364. The van der Waals surface area contributed by atoms with Crippen LogP contribution in [-0.4, -0.2) is 63.7 Å². The van der Waals surface area contributed by atoms with Gasteiger partial charge in [-0.1, -0.05) is 0 Å². The zero-order chi connectivity index (χ0) is 27.3. The predicted molar refractivity (Wildman–Crippen MR) is 151 cm³/mol. The lowest BCUT2D eigenvalue weighted by Crippen LogP contribution is -2.26. The van der Waals surface area contributed by atoms with Gasteiger partial charge in [-0.25, -0.2) is 19.6 Å². The van der Waals surface area contributed by atoms with E-state index in [2.05, 4.69) is 76.5 Å². The molecular weight excluding hydrogens is 492 g/mol. The van der Waals surface area contributed by atoms with Crippen LogP contribution in [0.15, 0.2) is 42.9 Å². The van der Waals surface area contributed by atoms with E-state index in [-0.39, 0.29) is 6.04 Å². The second-order valence-corrected chi connectivity index (χ2v) is 10.5. The summed E-state index contributed by atoms with van der Waals surface area (Å²) < 4.78 is 12.3. The van der Waals surface area contributed by atoms with E-state index >= 15 is 0 Å². The van der Waals surface area contributed by atoms with Crippen molar-refractivity contribution in [3.63, 3.8) is 0 Å². The first-order valence-electron chi connectivity index (χ1n) is 13.3. The van der Waals surface area contributed by atoms with Gasteiger partial charge >= 0.3 is 0 Å². The van der Waals surface area contributed by atoms with Gasteiger partial charge in [0.25, 0.3) is 0 Å². The van der Waals surface area contributed by atoms with Gasteiger partial charge in [0.1, 0.15) is 22.9 Å². The van der Waals surface area contributed by atoms with Crippen molar-refractivity contribution >= 4 is 22.5 Å². The van der Waals surface area contributed by atoms with Crippen LogP contribution in [0.5, 0.6) is 5.88 Å². The zero-order valence-corrected chi connectivity index (χ0v) is 23.3. The molecule has 1 aliphatic rings. The van der Waals surface area contributed by atoms with Gasteiger partial charge in [0.05, 0.1) is 30.1 Å². The van der Waals surface area contributed by atoms with Gasteiger partial charge in [-0.15, -0.1) is 0 Å². The molecule has 0 fully saturated rings. The number of aromatic nitrogens is 8. The van der Waals surface area contributed by atoms with Crippen LogP contribution in [-0.2, 0) is 20.6 Å². The van der Waals surface area contributed by atoms with E-state index in [1.54, 1.807) is 17.1 Å². The molecule has 4 bridgehead atoms. The van der Waals surface area contributed by atoms with Crippen molar-refractivity contribution < 1.29 is 4.74 Å². The van der Waals surface area contributed by atoms with Crippen molar-refractivity contribution in [1.29, 1.82) is 0 Å². The average Bonchev–Trinajstić information content (AvgIpc) is 3.58. The number of ether oxygens (including phenoxy) is 1. The lowest BCUT2D eigenvalue weighted by atomic mass is 10.2. The highest BCUT2D eigenvalue weighted by atomic mass is 16.5. The van der Waals surface area contributed by atoms with E-state index in [4.69, 9.17) is 19.8 Å². The smallest absolute Gasteiger partial charge is 0.222 e. The summed E-state index contributed by atoms with van der Waals surface area (Å²) in [6, 6.07) is 8.76. The van der Waals surface area contributed by atoms with Crippen LogP contribution in [0.4, 0.5) is 11.6 Å². The molecular formula is C28H34N10O. The lowest BCUT2D eigenvalue weighted by molar-refractivity contribution is 0.260. The SMILES string of the molecule is CC(C)N(C)Cc1ccc(-c2nn3c4cc(ncc24)Nc2ccnc(n2)-c2cnn(C)c2OCC[C@@H]3C)n1C. The number of fused-ring (bicyclic) bond motifs is 5. The van der Waals surface area contributed by atoms with E-state index in [0.29, 0.717) is 36.0 Å². The molecule has 0 amide bonds. The topological polar surface area (TPSA) is 104 Å². The maximum atomic E-state index is 6.23. The largest absolute Gasteiger partial charge is 0.477 e. The Morgan fingerprint density at radius 1 is 1.13 bits per heavy atom. The monoisotopic (exact) mass is 526 g/mol. The van der Waals surface area contributed by atoms with Gasteiger partial charge in [0.15, 0.2) is 5.82 Å². The highest BCUT2D eigenvalue weighted by Crippen LogP contribution is 2.34. The molecule has 6 heterocycles. The number of nitrogens with one attached hydrogen (secondary N) is 1. The number of hydrogen-bond acceptors (Lipinski definition) is 8. The molecule has 0 spiro atoms. The van der Waals surface area contributed by atoms with Crippen molar-refractivity contribution in [2.45, 2.75) is 45.8 Å². The Kier molecular flexibility index (Phi) is 6.30. The summed E-state index contributed by atoms with van der Waals surface area (Å²) in [5.74, 6) is 2.52. The van der Waals surface area contributed by atoms with E-state index < -0.39 is 0 Å². The van der Waals surface area contributed by atoms with E-state index in [1.807, 2.05) is 25.4 Å². The zero-order valence-electron chi connectivity index (χ0n) is 23.3. The highest BCUT2D eigenvalue weighted by Gasteiger charge is 2.22. The number of pyridine rings is 1. The van der Waals surface area contributed by atoms with Crippen LogP contribution in [0.25, 0.3) is 33.7 Å². The number of aryl methyl sites for hydroxylation is 1. The molecule has 0 unspecified atom stereocenters. The summed E-state index contributed by atoms with van der Waals surface area (Å²) in [5.41, 5.74) is 4.97. The third kappa shape index (κ3) is 4.52. The first-order chi connectivity index (χ1) is 18.8. The normalized spacial score (nSPS) is 15.4. The van der Waals surface area contributed by atoms with E-state index in [0.717, 1.165) is 40.8 Å². The second-order valence-electron chi connectivity index (χ2n) is 10.5. The molecule has 0 saturated heterocycles. The average molecular weight is 527 g/mol. The van der Waals surface area contributed by atoms with Gasteiger partial charge in [0.2, 0.25) is 5.88 Å². The lowest BCUT2D eigenvalue weighted by Gasteiger charge is -2.21. The van der Waals surface area contributed by atoms with Gasteiger partial charge in [0, 0.05) is 62.6 Å². The maximum absolute atomic E-state index is 6.23. The third-order valence-electron chi connectivity index (χ3n) is 7.58. The molecule has 6 rings (SSSR count). The van der Waals surface area contributed by atoms with Crippen LogP contribution in [0.2, 0.25) is 0 Å². The minimum atomic E-state index is 0.0806. The number of anilines is 2. The summed E-state index contributed by atoms with van der Waals surface area (Å²) in [6.45, 7) is 7.95. The highest BCUT2D eigenvalue weighted by molar-refractivity contribution is 5.93. The molecule has 1 aliphatic heterocycles. The molecule has 0 saturated carbocycles. The number of rotatable bonds is 4. The minimum Gasteiger partial charge on any atom is -0.477 e. The molecule has 1 N–H and O–H groups in total. The van der Waals surface area contributed by atoms with Gasteiger partial charge in [-0.2, -0.15) is 10.2 Å². The van der Waals surface area contributed by atoms with Crippen LogP contribution in [0, 0.1) is 0 Å². The summed E-state index contributed by atoms with van der Waals surface area (Å²) in [6.07, 6.45) is 6.11. The predicted octanol–water partition coefficient (Wildman–Crippen LogP) is 4.55. The molecule has 0 aliphatic carbocycles. The summed E-state index contributed by atoms with van der Waals surface area (Å²) >= 11 is 0. The molecule has 5 aromatic rings. The van der Waals surface area contributed by atoms with Crippen molar-refractivity contribution in [2.75, 3.05) is 19.0 Å². The van der Waals surface area contributed by atoms with Crippen molar-refractivity contribution in [3.8, 4) is 28.7 Å². The number of nitrogens with zero attached hydrogens (tertiary/aromatic N) is 9. The van der Waals surface area contributed by atoms with Crippen molar-refractivity contribution in [3.05, 3.63) is 48.5 Å². The molecule has 5 aromatic heterocycles. The molecule has 39 heavy (non-hydrogen) atoms. The minimum absolute atomic E-state index is 0.0806. The Balaban J connectivity index is 1.44. The fourth-order valence-corrected chi connectivity index (χ4v) is 4.90. The number of hydrogen-bond donors (Lipinski definition) is 1. The van der Waals surface area contributed by atoms with Crippen LogP contribution < -0.4 is 10.1 Å². The Morgan fingerprint density at radius 3 is 2.79 bits per heavy atom. The maximum Gasteiger partial charge on any atom is 0.222 e. The Labute approximate surface area is 227 Å². The van der Waals surface area contributed by atoms with Gasteiger partial charge in [-0.05, 0) is 46.0 Å². The van der Waals surface area contributed by atoms with Crippen LogP contribution >= 0.6 is 0 Å². The molecule has 0 aromatic carbocycles. The molecule has 11 nitrogen and oxygen atoms in total. The fourth-order valence-electron chi connectivity index (χ4n) is 4.90. The Morgan fingerprint density at radius 2 is 1.97 bits per heavy atom.